The highest BCUT2D eigenvalue weighted by Gasteiger charge is 2.11. The van der Waals surface area contributed by atoms with Crippen molar-refractivity contribution in [3.8, 4) is 11.5 Å². The number of benzene rings is 1. The minimum atomic E-state index is -1.21. The van der Waals surface area contributed by atoms with Gasteiger partial charge in [0, 0.05) is 5.88 Å². The third kappa shape index (κ3) is 2.63. The lowest BCUT2D eigenvalue weighted by Crippen LogP contribution is -1.96. The molecule has 0 fully saturated rings. The topological polar surface area (TPSA) is 77.8 Å². The first-order valence-electron chi connectivity index (χ1n) is 4.08. The summed E-state index contributed by atoms with van der Waals surface area (Å²) in [5.74, 6) is -1.57. The van der Waals surface area contributed by atoms with Crippen LogP contribution in [0.15, 0.2) is 18.2 Å². The Morgan fingerprint density at radius 3 is 2.27 bits per heavy atom. The third-order valence-electron chi connectivity index (χ3n) is 1.76. The second-order valence-electron chi connectivity index (χ2n) is 2.79. The number of allylic oxidation sites excluding steroid dienone is 1. The number of halogens is 1. The minimum Gasteiger partial charge on any atom is -0.507 e. The number of aromatic hydroxyl groups is 2. The summed E-state index contributed by atoms with van der Waals surface area (Å²) in [6, 6.07) is 2.13. The van der Waals surface area contributed by atoms with Crippen molar-refractivity contribution in [3.05, 3.63) is 29.3 Å². The Balaban J connectivity index is 3.21. The summed E-state index contributed by atoms with van der Waals surface area (Å²) in [5, 5.41) is 27.5. The van der Waals surface area contributed by atoms with Gasteiger partial charge in [0.05, 0.1) is 11.1 Å². The van der Waals surface area contributed by atoms with Crippen molar-refractivity contribution in [2.75, 3.05) is 5.88 Å². The summed E-state index contributed by atoms with van der Waals surface area (Å²) in [7, 11) is 0. The lowest BCUT2D eigenvalue weighted by Gasteiger charge is -2.04. The van der Waals surface area contributed by atoms with E-state index in [1.54, 1.807) is 0 Å². The van der Waals surface area contributed by atoms with Crippen LogP contribution in [0.2, 0.25) is 0 Å². The molecule has 1 rings (SSSR count). The van der Waals surface area contributed by atoms with Gasteiger partial charge in [-0.15, -0.1) is 11.6 Å². The lowest BCUT2D eigenvalue weighted by molar-refractivity contribution is 0.0696. The number of alkyl halides is 1. The number of carbonyl (C=O) groups is 1. The van der Waals surface area contributed by atoms with Gasteiger partial charge in [-0.1, -0.05) is 12.2 Å². The Labute approximate surface area is 91.0 Å². The number of hydrogen-bond donors (Lipinski definition) is 3. The van der Waals surface area contributed by atoms with Crippen LogP contribution in [0.4, 0.5) is 0 Å². The largest absolute Gasteiger partial charge is 0.507 e. The predicted octanol–water partition coefficient (Wildman–Crippen LogP) is 2.05. The molecule has 0 aliphatic heterocycles. The first kappa shape index (κ1) is 11.4. The van der Waals surface area contributed by atoms with Crippen molar-refractivity contribution >= 4 is 23.6 Å². The van der Waals surface area contributed by atoms with E-state index in [2.05, 4.69) is 0 Å². The van der Waals surface area contributed by atoms with Crippen LogP contribution in [0.25, 0.3) is 6.08 Å². The molecule has 0 saturated carbocycles. The average Bonchev–Trinajstić information content (AvgIpc) is 2.16. The number of carboxylic acid groups (broad SMARTS) is 1. The van der Waals surface area contributed by atoms with Gasteiger partial charge in [-0.2, -0.15) is 0 Å². The van der Waals surface area contributed by atoms with E-state index < -0.39 is 5.97 Å². The van der Waals surface area contributed by atoms with Crippen molar-refractivity contribution in [1.29, 1.82) is 0 Å². The molecule has 0 atom stereocenters. The molecule has 0 amide bonds. The fraction of sp³-hybridized carbons (Fsp3) is 0.100. The zero-order chi connectivity index (χ0) is 11.4. The summed E-state index contributed by atoms with van der Waals surface area (Å²) in [4.78, 5) is 10.6. The molecule has 0 aliphatic carbocycles. The Morgan fingerprint density at radius 2 is 1.87 bits per heavy atom. The summed E-state index contributed by atoms with van der Waals surface area (Å²) in [6.07, 6.45) is 2.94. The maximum Gasteiger partial charge on any atom is 0.335 e. The van der Waals surface area contributed by atoms with Crippen molar-refractivity contribution in [2.45, 2.75) is 0 Å². The Hall–Kier alpha value is -1.68. The Morgan fingerprint density at radius 1 is 1.33 bits per heavy atom. The SMILES string of the molecule is O=C(O)c1cc(O)c(C=CCCl)c(O)c1. The van der Waals surface area contributed by atoms with Crippen molar-refractivity contribution < 1.29 is 20.1 Å². The molecular formula is C10H9ClO4. The van der Waals surface area contributed by atoms with Gasteiger partial charge < -0.3 is 15.3 Å². The van der Waals surface area contributed by atoms with Crippen LogP contribution in [0.3, 0.4) is 0 Å². The molecule has 0 saturated heterocycles. The van der Waals surface area contributed by atoms with E-state index in [0.717, 1.165) is 12.1 Å². The van der Waals surface area contributed by atoms with Crippen molar-refractivity contribution in [2.24, 2.45) is 0 Å². The lowest BCUT2D eigenvalue weighted by atomic mass is 10.1. The first-order valence-corrected chi connectivity index (χ1v) is 4.61. The monoisotopic (exact) mass is 228 g/mol. The van der Waals surface area contributed by atoms with E-state index in [0.29, 0.717) is 0 Å². The number of phenols is 2. The Kier molecular flexibility index (Phi) is 3.57. The number of hydrogen-bond acceptors (Lipinski definition) is 3. The molecule has 0 radical (unpaired) electrons. The maximum atomic E-state index is 10.6. The molecule has 80 valence electrons. The minimum absolute atomic E-state index is 0.153. The number of phenolic OH excluding ortho intramolecular Hbond substituents is 2. The highest BCUT2D eigenvalue weighted by molar-refractivity contribution is 6.19. The highest BCUT2D eigenvalue weighted by Crippen LogP contribution is 2.30. The molecular weight excluding hydrogens is 220 g/mol. The summed E-state index contributed by atoms with van der Waals surface area (Å²) >= 11 is 5.39. The molecule has 0 aromatic heterocycles. The Bertz CT molecular complexity index is 389. The van der Waals surface area contributed by atoms with E-state index in [-0.39, 0.29) is 28.5 Å². The van der Waals surface area contributed by atoms with E-state index in [1.807, 2.05) is 0 Å². The van der Waals surface area contributed by atoms with Crippen LogP contribution in [-0.4, -0.2) is 27.2 Å². The standard InChI is InChI=1S/C10H9ClO4/c11-3-1-2-7-8(12)4-6(10(14)15)5-9(7)13/h1-2,4-5,12-13H,3H2,(H,14,15). The molecule has 0 heterocycles. The van der Waals surface area contributed by atoms with Crippen LogP contribution < -0.4 is 0 Å². The van der Waals surface area contributed by atoms with Crippen molar-refractivity contribution in [1.82, 2.24) is 0 Å². The van der Waals surface area contributed by atoms with Crippen LogP contribution in [0.1, 0.15) is 15.9 Å². The highest BCUT2D eigenvalue weighted by atomic mass is 35.5. The third-order valence-corrected chi connectivity index (χ3v) is 1.94. The van der Waals surface area contributed by atoms with Crippen LogP contribution in [0.5, 0.6) is 11.5 Å². The first-order chi connectivity index (χ1) is 7.06. The molecule has 3 N–H and O–H groups in total. The fourth-order valence-corrected chi connectivity index (χ4v) is 1.17. The van der Waals surface area contributed by atoms with Gasteiger partial charge in [0.25, 0.3) is 0 Å². The molecule has 4 nitrogen and oxygen atoms in total. The van der Waals surface area contributed by atoms with Gasteiger partial charge in [0.15, 0.2) is 0 Å². The second-order valence-corrected chi connectivity index (χ2v) is 3.10. The quantitative estimate of drug-likeness (QED) is 0.692. The zero-order valence-corrected chi connectivity index (χ0v) is 8.40. The molecule has 15 heavy (non-hydrogen) atoms. The molecule has 0 spiro atoms. The smallest absolute Gasteiger partial charge is 0.335 e. The van der Waals surface area contributed by atoms with Gasteiger partial charge >= 0.3 is 5.97 Å². The predicted molar refractivity (Wildman–Crippen MR) is 56.5 cm³/mol. The molecule has 1 aromatic carbocycles. The summed E-state index contributed by atoms with van der Waals surface area (Å²) in [5.41, 5.74) is -0.0197. The maximum absolute atomic E-state index is 10.6. The summed E-state index contributed by atoms with van der Waals surface area (Å²) < 4.78 is 0. The van der Waals surface area contributed by atoms with Crippen LogP contribution in [-0.2, 0) is 0 Å². The molecule has 0 aliphatic rings. The molecule has 0 bridgehead atoms. The van der Waals surface area contributed by atoms with Gasteiger partial charge in [0.1, 0.15) is 11.5 Å². The number of aromatic carboxylic acids is 1. The van der Waals surface area contributed by atoms with Gasteiger partial charge in [-0.25, -0.2) is 4.79 Å². The molecule has 5 heteroatoms. The molecule has 1 aromatic rings. The van der Waals surface area contributed by atoms with Crippen LogP contribution >= 0.6 is 11.6 Å². The van der Waals surface area contributed by atoms with Gasteiger partial charge in [0.2, 0.25) is 0 Å². The van der Waals surface area contributed by atoms with E-state index in [1.165, 1.54) is 12.2 Å². The van der Waals surface area contributed by atoms with Gasteiger partial charge in [-0.05, 0) is 12.1 Å². The fourth-order valence-electron chi connectivity index (χ4n) is 1.08. The van der Waals surface area contributed by atoms with E-state index in [4.69, 9.17) is 16.7 Å². The summed E-state index contributed by atoms with van der Waals surface area (Å²) in [6.45, 7) is 0. The van der Waals surface area contributed by atoms with Gasteiger partial charge in [-0.3, -0.25) is 0 Å². The van der Waals surface area contributed by atoms with E-state index >= 15 is 0 Å². The van der Waals surface area contributed by atoms with E-state index in [9.17, 15) is 15.0 Å². The normalized spacial score (nSPS) is 10.7. The zero-order valence-electron chi connectivity index (χ0n) is 7.64. The van der Waals surface area contributed by atoms with Crippen LogP contribution in [0, 0.1) is 0 Å². The number of carboxylic acids is 1. The van der Waals surface area contributed by atoms with Crippen molar-refractivity contribution in [3.63, 3.8) is 0 Å². The molecule has 0 unspecified atom stereocenters. The average molecular weight is 229 g/mol. The second kappa shape index (κ2) is 4.70. The number of rotatable bonds is 3.